The molecule has 4 N–H and O–H groups in total. The fourth-order valence-electron chi connectivity index (χ4n) is 5.16. The van der Waals surface area contributed by atoms with E-state index >= 15 is 0 Å². The number of terminal acetylenes is 1. The van der Waals surface area contributed by atoms with E-state index in [2.05, 4.69) is 45.5 Å². The molecule has 0 radical (unpaired) electrons. The summed E-state index contributed by atoms with van der Waals surface area (Å²) in [5.74, 6) is 2.20. The van der Waals surface area contributed by atoms with Crippen LogP contribution in [-0.4, -0.2) is 43.8 Å². The number of imidazole rings is 1. The fraction of sp³-hybridized carbons (Fsp3) is 0.676. The van der Waals surface area contributed by atoms with Crippen LogP contribution >= 0.6 is 0 Å². The number of nitrogens with zero attached hydrogens (tertiary/aromatic N) is 3. The second-order valence-corrected chi connectivity index (χ2v) is 11.2. The molecule has 2 saturated carbocycles. The van der Waals surface area contributed by atoms with Gasteiger partial charge in [0.2, 0.25) is 5.91 Å². The van der Waals surface area contributed by atoms with Crippen LogP contribution in [0, 0.1) is 42.4 Å². The van der Waals surface area contributed by atoms with E-state index in [4.69, 9.17) is 5.41 Å². The number of nitrogens with one attached hydrogen (secondary N) is 4. The third kappa shape index (κ3) is 14.1. The Labute approximate surface area is 261 Å². The number of rotatable bonds is 5. The Morgan fingerprint density at radius 1 is 1.14 bits per heavy atom. The van der Waals surface area contributed by atoms with Crippen LogP contribution in [0.5, 0.6) is 0 Å². The second-order valence-electron chi connectivity index (χ2n) is 11.2. The molecule has 43 heavy (non-hydrogen) atoms. The van der Waals surface area contributed by atoms with Crippen molar-refractivity contribution in [2.24, 2.45) is 17.3 Å². The lowest BCUT2D eigenvalue weighted by Crippen LogP contribution is -2.36. The number of aryl methyl sites for hydroxylation is 2. The SMILES string of the molecule is C#C.CC.CC.CC(C)=N.CC1CCC(=O)NC1.CCn1nccc1C(=O)NC(c1cnc(C)[nH]1)C1CCC2(CC1)CC2. The van der Waals surface area contributed by atoms with E-state index in [1.807, 2.05) is 47.7 Å². The van der Waals surface area contributed by atoms with Crippen LogP contribution in [0.2, 0.25) is 0 Å². The number of aromatic nitrogens is 4. The van der Waals surface area contributed by atoms with Crippen LogP contribution in [0.25, 0.3) is 0 Å². The quantitative estimate of drug-likeness (QED) is 0.214. The highest BCUT2D eigenvalue weighted by atomic mass is 16.2. The molecule has 2 atom stereocenters. The smallest absolute Gasteiger partial charge is 0.270 e. The van der Waals surface area contributed by atoms with Gasteiger partial charge in [-0.2, -0.15) is 5.10 Å². The number of carbonyl (C=O) groups is 2. The van der Waals surface area contributed by atoms with Crippen molar-refractivity contribution < 1.29 is 9.59 Å². The Hall–Kier alpha value is -3.41. The molecular weight excluding hydrogens is 538 g/mol. The lowest BCUT2D eigenvalue weighted by molar-refractivity contribution is -0.122. The van der Waals surface area contributed by atoms with E-state index in [0.717, 1.165) is 30.9 Å². The molecule has 1 spiro atoms. The number of hydrogen-bond acceptors (Lipinski definition) is 5. The number of H-pyrrole nitrogens is 1. The highest BCUT2D eigenvalue weighted by molar-refractivity contribution is 5.92. The first-order valence-corrected chi connectivity index (χ1v) is 16.1. The second kappa shape index (κ2) is 21.3. The maximum Gasteiger partial charge on any atom is 0.270 e. The van der Waals surface area contributed by atoms with E-state index in [-0.39, 0.29) is 17.9 Å². The lowest BCUT2D eigenvalue weighted by Gasteiger charge is -2.34. The average Bonchev–Trinajstić information content (AvgIpc) is 3.37. The summed E-state index contributed by atoms with van der Waals surface area (Å²) in [4.78, 5) is 31.0. The van der Waals surface area contributed by atoms with Gasteiger partial charge in [0, 0.05) is 31.4 Å². The van der Waals surface area contributed by atoms with Gasteiger partial charge in [-0.3, -0.25) is 14.3 Å². The third-order valence-electron chi connectivity index (χ3n) is 7.62. The molecule has 9 heteroatoms. The highest BCUT2D eigenvalue weighted by Crippen LogP contribution is 2.58. The van der Waals surface area contributed by atoms with Gasteiger partial charge in [0.25, 0.3) is 5.91 Å². The van der Waals surface area contributed by atoms with Crippen molar-refractivity contribution in [3.8, 4) is 12.8 Å². The normalized spacial score (nSPS) is 18.4. The predicted molar refractivity (Wildman–Crippen MR) is 178 cm³/mol. The molecule has 0 aromatic carbocycles. The van der Waals surface area contributed by atoms with Crippen LogP contribution in [0.1, 0.15) is 135 Å². The number of carbonyl (C=O) groups excluding carboxylic acids is 2. The number of hydrogen-bond donors (Lipinski definition) is 4. The molecule has 1 saturated heterocycles. The van der Waals surface area contributed by atoms with E-state index in [1.54, 1.807) is 30.8 Å². The fourth-order valence-corrected chi connectivity index (χ4v) is 5.16. The Balaban J connectivity index is 0.000000812. The molecular formula is C34H59N7O2. The van der Waals surface area contributed by atoms with E-state index in [0.29, 0.717) is 35.2 Å². The summed E-state index contributed by atoms with van der Waals surface area (Å²) in [5, 5.41) is 16.8. The van der Waals surface area contributed by atoms with Gasteiger partial charge < -0.3 is 21.0 Å². The molecule has 0 bridgehead atoms. The molecule has 242 valence electrons. The molecule has 3 fully saturated rings. The topological polar surface area (TPSA) is 129 Å². The minimum atomic E-state index is -0.0525. The van der Waals surface area contributed by atoms with Gasteiger partial charge in [0.05, 0.1) is 17.9 Å². The van der Waals surface area contributed by atoms with Gasteiger partial charge in [-0.1, -0.05) is 34.6 Å². The minimum Gasteiger partial charge on any atom is -0.356 e. The number of piperidine rings is 1. The number of amides is 2. The average molecular weight is 598 g/mol. The third-order valence-corrected chi connectivity index (χ3v) is 7.62. The molecule has 2 aliphatic carbocycles. The zero-order valence-corrected chi connectivity index (χ0v) is 28.3. The van der Waals surface area contributed by atoms with E-state index < -0.39 is 0 Å². The Kier molecular flexibility index (Phi) is 19.6. The molecule has 2 aromatic rings. The largest absolute Gasteiger partial charge is 0.356 e. The number of aromatic amines is 1. The first-order chi connectivity index (χ1) is 20.6. The Bertz CT molecular complexity index is 1070. The molecule has 3 aliphatic rings. The summed E-state index contributed by atoms with van der Waals surface area (Å²) in [5.41, 5.74) is 2.96. The van der Waals surface area contributed by atoms with Gasteiger partial charge >= 0.3 is 0 Å². The predicted octanol–water partition coefficient (Wildman–Crippen LogP) is 7.26. The molecule has 1 aliphatic heterocycles. The van der Waals surface area contributed by atoms with Gasteiger partial charge in [-0.05, 0) is 96.0 Å². The van der Waals surface area contributed by atoms with Gasteiger partial charge in [-0.15, -0.1) is 12.8 Å². The summed E-state index contributed by atoms with van der Waals surface area (Å²) >= 11 is 0. The molecule has 3 heterocycles. The Morgan fingerprint density at radius 3 is 2.14 bits per heavy atom. The van der Waals surface area contributed by atoms with E-state index in [1.165, 1.54) is 38.5 Å². The van der Waals surface area contributed by atoms with Crippen molar-refractivity contribution in [3.63, 3.8) is 0 Å². The highest BCUT2D eigenvalue weighted by Gasteiger charge is 2.46. The lowest BCUT2D eigenvalue weighted by atomic mass is 9.76. The Morgan fingerprint density at radius 2 is 1.72 bits per heavy atom. The summed E-state index contributed by atoms with van der Waals surface area (Å²) in [6, 6.07) is 1.78. The van der Waals surface area contributed by atoms with Crippen LogP contribution in [0.3, 0.4) is 0 Å². The van der Waals surface area contributed by atoms with Crippen molar-refractivity contribution in [2.45, 2.75) is 126 Å². The first kappa shape index (κ1) is 39.6. The molecule has 2 amide bonds. The molecule has 2 aromatic heterocycles. The molecule has 5 rings (SSSR count). The molecule has 2 unspecified atom stereocenters. The summed E-state index contributed by atoms with van der Waals surface area (Å²) < 4.78 is 1.74. The zero-order valence-electron chi connectivity index (χ0n) is 28.3. The summed E-state index contributed by atoms with van der Waals surface area (Å²) in [6.45, 7) is 19.2. The zero-order chi connectivity index (χ0) is 33.0. The van der Waals surface area contributed by atoms with Gasteiger partial charge in [-0.25, -0.2) is 4.98 Å². The van der Waals surface area contributed by atoms with Crippen molar-refractivity contribution in [3.05, 3.63) is 35.7 Å². The van der Waals surface area contributed by atoms with Gasteiger partial charge in [0.1, 0.15) is 11.5 Å². The van der Waals surface area contributed by atoms with Crippen molar-refractivity contribution >= 4 is 17.5 Å². The van der Waals surface area contributed by atoms with Crippen LogP contribution in [0.4, 0.5) is 0 Å². The van der Waals surface area contributed by atoms with Crippen molar-refractivity contribution in [1.29, 1.82) is 5.41 Å². The van der Waals surface area contributed by atoms with Crippen LogP contribution in [-0.2, 0) is 11.3 Å². The monoisotopic (exact) mass is 597 g/mol. The summed E-state index contributed by atoms with van der Waals surface area (Å²) in [7, 11) is 0. The molecule has 9 nitrogen and oxygen atoms in total. The standard InChI is InChI=1S/C19H27N5O.C6H11NO.C3H7N.2C2H6.C2H2/c1-3-24-16(6-11-21-24)18(25)23-17(15-12-20-13(2)22-15)14-4-7-19(8-5-14)9-10-19;1-5-2-3-6(8)7-4-5;1-3(2)4;3*1-2/h6,11-12,14,17H,3-5,7-10H2,1-2H3,(H,20,22)(H,23,25);5H,2-4H2,1H3,(H,7,8);4H,1-2H3;2*1-2H3;1-2H. The maximum atomic E-state index is 12.9. The minimum absolute atomic E-state index is 0.00925. The van der Waals surface area contributed by atoms with Crippen LogP contribution < -0.4 is 10.6 Å². The maximum absolute atomic E-state index is 12.9. The van der Waals surface area contributed by atoms with Crippen molar-refractivity contribution in [2.75, 3.05) is 6.54 Å². The van der Waals surface area contributed by atoms with Crippen LogP contribution in [0.15, 0.2) is 18.5 Å². The summed E-state index contributed by atoms with van der Waals surface area (Å²) in [6.07, 6.45) is 21.1. The first-order valence-electron chi connectivity index (χ1n) is 16.1. The van der Waals surface area contributed by atoms with Gasteiger partial charge in [0.15, 0.2) is 0 Å². The van der Waals surface area contributed by atoms with E-state index in [9.17, 15) is 9.59 Å². The van der Waals surface area contributed by atoms with Crippen molar-refractivity contribution in [1.82, 2.24) is 30.4 Å².